The van der Waals surface area contributed by atoms with Gasteiger partial charge in [-0.3, -0.25) is 0 Å². The number of benzene rings is 2. The van der Waals surface area contributed by atoms with Crippen LogP contribution in [0.5, 0.6) is 11.5 Å². The zero-order chi connectivity index (χ0) is 14.5. The van der Waals surface area contributed by atoms with E-state index in [0.29, 0.717) is 4.90 Å². The van der Waals surface area contributed by atoms with Gasteiger partial charge in [0.1, 0.15) is 11.3 Å². The van der Waals surface area contributed by atoms with Gasteiger partial charge in [0.25, 0.3) is 0 Å². The number of ether oxygens (including phenoxy) is 1. The second kappa shape index (κ2) is 6.43. The Labute approximate surface area is 120 Å². The fourth-order valence-corrected chi connectivity index (χ4v) is 2.55. The molecule has 0 unspecified atom stereocenters. The summed E-state index contributed by atoms with van der Waals surface area (Å²) in [4.78, 5) is 12.0. The monoisotopic (exact) mass is 292 g/mol. The van der Waals surface area contributed by atoms with Gasteiger partial charge in [0.15, 0.2) is 11.6 Å². The summed E-state index contributed by atoms with van der Waals surface area (Å²) in [5.41, 5.74) is 0.0580. The summed E-state index contributed by atoms with van der Waals surface area (Å²) in [6.45, 7) is 1.93. The zero-order valence-corrected chi connectivity index (χ0v) is 11.6. The summed E-state index contributed by atoms with van der Waals surface area (Å²) in [6, 6.07) is 10.8. The number of thioether (sulfide) groups is 1. The third kappa shape index (κ3) is 3.11. The molecule has 104 valence electrons. The van der Waals surface area contributed by atoms with Crippen molar-refractivity contribution in [2.75, 3.05) is 5.75 Å². The van der Waals surface area contributed by atoms with Crippen LogP contribution in [0.2, 0.25) is 0 Å². The average molecular weight is 292 g/mol. The van der Waals surface area contributed by atoms with Crippen LogP contribution in [-0.4, -0.2) is 16.8 Å². The molecule has 0 heterocycles. The molecule has 0 aliphatic carbocycles. The minimum atomic E-state index is -1.09. The van der Waals surface area contributed by atoms with Crippen molar-refractivity contribution in [3.8, 4) is 11.5 Å². The van der Waals surface area contributed by atoms with E-state index >= 15 is 0 Å². The fourth-order valence-electron chi connectivity index (χ4n) is 1.73. The van der Waals surface area contributed by atoms with Crippen LogP contribution in [0.25, 0.3) is 0 Å². The summed E-state index contributed by atoms with van der Waals surface area (Å²) >= 11 is 1.40. The number of halogens is 1. The third-order valence-corrected chi connectivity index (χ3v) is 3.50. The van der Waals surface area contributed by atoms with E-state index in [2.05, 4.69) is 0 Å². The maximum atomic E-state index is 13.6. The molecule has 3 nitrogen and oxygen atoms in total. The molecule has 2 rings (SSSR count). The van der Waals surface area contributed by atoms with Crippen LogP contribution in [0.15, 0.2) is 47.4 Å². The van der Waals surface area contributed by atoms with Gasteiger partial charge < -0.3 is 9.84 Å². The molecule has 0 aliphatic heterocycles. The van der Waals surface area contributed by atoms with E-state index in [-0.39, 0.29) is 17.1 Å². The maximum Gasteiger partial charge on any atom is 0.340 e. The molecule has 0 fully saturated rings. The molecule has 0 aliphatic rings. The highest BCUT2D eigenvalue weighted by atomic mass is 32.2. The minimum Gasteiger partial charge on any atom is -0.478 e. The van der Waals surface area contributed by atoms with Gasteiger partial charge in [0.05, 0.1) is 0 Å². The Kier molecular flexibility index (Phi) is 4.63. The lowest BCUT2D eigenvalue weighted by molar-refractivity contribution is 0.0690. The molecule has 0 saturated heterocycles. The minimum absolute atomic E-state index is 0.00801. The van der Waals surface area contributed by atoms with Gasteiger partial charge in [-0.2, -0.15) is 0 Å². The van der Waals surface area contributed by atoms with E-state index in [1.807, 2.05) is 6.92 Å². The van der Waals surface area contributed by atoms with E-state index in [0.717, 1.165) is 5.75 Å². The molecule has 0 saturated carbocycles. The van der Waals surface area contributed by atoms with E-state index in [1.165, 1.54) is 30.0 Å². The fraction of sp³-hybridized carbons (Fsp3) is 0.133. The molecular formula is C15H13FO3S. The number of carbonyl (C=O) groups is 1. The van der Waals surface area contributed by atoms with Gasteiger partial charge in [-0.15, -0.1) is 11.8 Å². The number of carboxylic acids is 1. The first-order valence-electron chi connectivity index (χ1n) is 6.05. The van der Waals surface area contributed by atoms with Crippen molar-refractivity contribution in [3.63, 3.8) is 0 Å². The highest BCUT2D eigenvalue weighted by Gasteiger charge is 2.18. The van der Waals surface area contributed by atoms with Crippen LogP contribution in [-0.2, 0) is 0 Å². The first kappa shape index (κ1) is 14.4. The van der Waals surface area contributed by atoms with Crippen LogP contribution < -0.4 is 4.74 Å². The normalized spacial score (nSPS) is 10.3. The molecule has 0 radical (unpaired) electrons. The number of rotatable bonds is 5. The van der Waals surface area contributed by atoms with E-state index < -0.39 is 11.8 Å². The topological polar surface area (TPSA) is 46.5 Å². The van der Waals surface area contributed by atoms with E-state index in [9.17, 15) is 14.3 Å². The first-order valence-corrected chi connectivity index (χ1v) is 7.03. The SMILES string of the molecule is CCSc1cccc(Oc2ccccc2F)c1C(=O)O. The summed E-state index contributed by atoms with van der Waals surface area (Å²) in [7, 11) is 0. The molecule has 0 bridgehead atoms. The van der Waals surface area contributed by atoms with Crippen LogP contribution in [0.3, 0.4) is 0 Å². The van der Waals surface area contributed by atoms with Gasteiger partial charge in [-0.1, -0.05) is 25.1 Å². The van der Waals surface area contributed by atoms with Crippen LogP contribution in [0.4, 0.5) is 4.39 Å². The van der Waals surface area contributed by atoms with Gasteiger partial charge in [0.2, 0.25) is 0 Å². The Hall–Kier alpha value is -2.01. The summed E-state index contributed by atoms with van der Waals surface area (Å²) in [6.07, 6.45) is 0. The maximum absolute atomic E-state index is 13.6. The molecule has 2 aromatic rings. The van der Waals surface area contributed by atoms with Gasteiger partial charge >= 0.3 is 5.97 Å². The predicted octanol–water partition coefficient (Wildman–Crippen LogP) is 4.43. The zero-order valence-electron chi connectivity index (χ0n) is 10.8. The van der Waals surface area contributed by atoms with Crippen LogP contribution in [0, 0.1) is 5.82 Å². The molecular weight excluding hydrogens is 279 g/mol. The summed E-state index contributed by atoms with van der Waals surface area (Å²) < 4.78 is 19.0. The summed E-state index contributed by atoms with van der Waals surface area (Å²) in [5.74, 6) is -0.733. The Morgan fingerprint density at radius 3 is 2.55 bits per heavy atom. The van der Waals surface area contributed by atoms with Crippen molar-refractivity contribution < 1.29 is 19.0 Å². The molecule has 1 N–H and O–H groups in total. The number of para-hydroxylation sites is 1. The number of hydrogen-bond donors (Lipinski definition) is 1. The smallest absolute Gasteiger partial charge is 0.340 e. The van der Waals surface area contributed by atoms with Gasteiger partial charge in [0, 0.05) is 4.90 Å². The molecule has 5 heteroatoms. The van der Waals surface area contributed by atoms with Crippen LogP contribution in [0.1, 0.15) is 17.3 Å². The van der Waals surface area contributed by atoms with Gasteiger partial charge in [-0.25, -0.2) is 9.18 Å². The lowest BCUT2D eigenvalue weighted by atomic mass is 10.2. The number of carboxylic acid groups (broad SMARTS) is 1. The Balaban J connectivity index is 2.44. The van der Waals surface area contributed by atoms with Crippen LogP contribution >= 0.6 is 11.8 Å². The predicted molar refractivity (Wildman–Crippen MR) is 76.3 cm³/mol. The lowest BCUT2D eigenvalue weighted by Crippen LogP contribution is -2.03. The standard InChI is InChI=1S/C15H13FO3S/c1-2-20-13-9-5-8-12(14(13)15(17)18)19-11-7-4-3-6-10(11)16/h3-9H,2H2,1H3,(H,17,18). The second-order valence-electron chi connectivity index (χ2n) is 3.90. The highest BCUT2D eigenvalue weighted by molar-refractivity contribution is 7.99. The van der Waals surface area contributed by atoms with Gasteiger partial charge in [-0.05, 0) is 30.0 Å². The molecule has 2 aromatic carbocycles. The van der Waals surface area contributed by atoms with Crippen molar-refractivity contribution in [2.24, 2.45) is 0 Å². The molecule has 0 aromatic heterocycles. The Bertz CT molecular complexity index is 628. The quantitative estimate of drug-likeness (QED) is 0.828. The molecule has 20 heavy (non-hydrogen) atoms. The van der Waals surface area contributed by atoms with E-state index in [4.69, 9.17) is 4.74 Å². The second-order valence-corrected chi connectivity index (χ2v) is 5.21. The van der Waals surface area contributed by atoms with Crippen molar-refractivity contribution in [2.45, 2.75) is 11.8 Å². The Morgan fingerprint density at radius 2 is 1.90 bits per heavy atom. The molecule has 0 atom stereocenters. The first-order chi connectivity index (χ1) is 9.63. The third-order valence-electron chi connectivity index (χ3n) is 2.56. The average Bonchev–Trinajstić information content (AvgIpc) is 2.41. The largest absolute Gasteiger partial charge is 0.478 e. The molecule has 0 amide bonds. The van der Waals surface area contributed by atoms with Crippen molar-refractivity contribution in [1.29, 1.82) is 0 Å². The van der Waals surface area contributed by atoms with E-state index in [1.54, 1.807) is 24.3 Å². The molecule has 0 spiro atoms. The Morgan fingerprint density at radius 1 is 1.20 bits per heavy atom. The van der Waals surface area contributed by atoms with Crippen molar-refractivity contribution in [3.05, 3.63) is 53.8 Å². The van der Waals surface area contributed by atoms with Crippen molar-refractivity contribution in [1.82, 2.24) is 0 Å². The number of aromatic carboxylic acids is 1. The summed E-state index contributed by atoms with van der Waals surface area (Å²) in [5, 5.41) is 9.33. The number of hydrogen-bond acceptors (Lipinski definition) is 3. The lowest BCUT2D eigenvalue weighted by Gasteiger charge is -2.12. The van der Waals surface area contributed by atoms with Crippen molar-refractivity contribution >= 4 is 17.7 Å². The highest BCUT2D eigenvalue weighted by Crippen LogP contribution is 2.33.